The zero-order chi connectivity index (χ0) is 19.9. The highest BCUT2D eigenvalue weighted by Crippen LogP contribution is 2.31. The molecular weight excluding hydrogens is 374 g/mol. The molecule has 6 nitrogen and oxygen atoms in total. The van der Waals surface area contributed by atoms with Crippen molar-refractivity contribution in [1.29, 1.82) is 0 Å². The van der Waals surface area contributed by atoms with Gasteiger partial charge in [-0.2, -0.15) is 5.10 Å². The molecule has 1 unspecified atom stereocenters. The monoisotopic (exact) mass is 397 g/mol. The van der Waals surface area contributed by atoms with Gasteiger partial charge in [0.15, 0.2) is 5.17 Å². The summed E-state index contributed by atoms with van der Waals surface area (Å²) in [4.78, 5) is 14.4. The maximum Gasteiger partial charge on any atom is 0.242 e. The topological polar surface area (TPSA) is 63.5 Å². The normalized spacial score (nSPS) is 18.2. The second kappa shape index (κ2) is 9.41. The number of ether oxygens (including phenoxy) is 2. The first-order chi connectivity index (χ1) is 13.6. The lowest BCUT2D eigenvalue weighted by molar-refractivity contribution is -0.126. The molecule has 146 valence electrons. The van der Waals surface area contributed by atoms with E-state index in [2.05, 4.69) is 10.2 Å². The highest BCUT2D eigenvalue weighted by Gasteiger charge is 2.36. The van der Waals surface area contributed by atoms with Crippen LogP contribution in [0.4, 0.5) is 0 Å². The number of rotatable bonds is 7. The maximum absolute atomic E-state index is 12.7. The summed E-state index contributed by atoms with van der Waals surface area (Å²) in [6, 6.07) is 15.2. The Morgan fingerprint density at radius 3 is 2.21 bits per heavy atom. The Kier molecular flexibility index (Phi) is 6.71. The molecule has 0 bridgehead atoms. The van der Waals surface area contributed by atoms with Gasteiger partial charge < -0.3 is 9.47 Å². The standard InChI is InChI=1S/C21H23N3O3S/c1-4-19-20(25)24(14-16-7-11-18(27-3)12-8-16)21(28-19)23-22-13-15-5-9-17(26-2)10-6-15/h5-13,19H,4,14H2,1-3H3. The van der Waals surface area contributed by atoms with Crippen molar-refractivity contribution < 1.29 is 14.3 Å². The number of hydrogen-bond donors (Lipinski definition) is 0. The average molecular weight is 398 g/mol. The maximum atomic E-state index is 12.7. The minimum atomic E-state index is -0.117. The minimum Gasteiger partial charge on any atom is -0.497 e. The largest absolute Gasteiger partial charge is 0.497 e. The summed E-state index contributed by atoms with van der Waals surface area (Å²) in [5.41, 5.74) is 1.92. The Morgan fingerprint density at radius 2 is 1.64 bits per heavy atom. The van der Waals surface area contributed by atoms with Gasteiger partial charge in [0.05, 0.1) is 32.2 Å². The van der Waals surface area contributed by atoms with Crippen LogP contribution >= 0.6 is 11.8 Å². The molecule has 1 atom stereocenters. The predicted molar refractivity (Wildman–Crippen MR) is 113 cm³/mol. The van der Waals surface area contributed by atoms with Crippen molar-refractivity contribution >= 4 is 29.1 Å². The first-order valence-corrected chi connectivity index (χ1v) is 9.88. The number of methoxy groups -OCH3 is 2. The van der Waals surface area contributed by atoms with E-state index in [0.717, 1.165) is 29.0 Å². The van der Waals surface area contributed by atoms with E-state index in [9.17, 15) is 4.79 Å². The Hall–Kier alpha value is -2.80. The molecule has 1 amide bonds. The number of amides is 1. The van der Waals surface area contributed by atoms with E-state index in [1.54, 1.807) is 25.3 Å². The summed E-state index contributed by atoms with van der Waals surface area (Å²) in [5, 5.41) is 9.01. The summed E-state index contributed by atoms with van der Waals surface area (Å²) < 4.78 is 10.3. The molecule has 3 rings (SSSR count). The Balaban J connectivity index is 1.76. The highest BCUT2D eigenvalue weighted by molar-refractivity contribution is 8.15. The lowest BCUT2D eigenvalue weighted by atomic mass is 10.2. The zero-order valence-electron chi connectivity index (χ0n) is 16.2. The molecule has 0 N–H and O–H groups in total. The van der Waals surface area contributed by atoms with Crippen molar-refractivity contribution in [3.05, 3.63) is 59.7 Å². The van der Waals surface area contributed by atoms with Crippen LogP contribution in [-0.2, 0) is 11.3 Å². The third kappa shape index (κ3) is 4.72. The van der Waals surface area contributed by atoms with Gasteiger partial charge in [-0.3, -0.25) is 9.69 Å². The molecule has 1 aliphatic rings. The van der Waals surface area contributed by atoms with E-state index in [0.29, 0.717) is 11.7 Å². The number of nitrogens with zero attached hydrogens (tertiary/aromatic N) is 3. The molecule has 1 saturated heterocycles. The zero-order valence-corrected chi connectivity index (χ0v) is 17.0. The van der Waals surface area contributed by atoms with Crippen molar-refractivity contribution in [3.63, 3.8) is 0 Å². The number of hydrogen-bond acceptors (Lipinski definition) is 6. The smallest absolute Gasteiger partial charge is 0.242 e. The fourth-order valence-corrected chi connectivity index (χ4v) is 3.76. The van der Waals surface area contributed by atoms with Crippen molar-refractivity contribution in [2.45, 2.75) is 25.1 Å². The molecule has 0 spiro atoms. The van der Waals surface area contributed by atoms with Crippen molar-refractivity contribution in [2.75, 3.05) is 14.2 Å². The molecule has 0 saturated carbocycles. The van der Waals surface area contributed by atoms with E-state index in [1.165, 1.54) is 11.8 Å². The van der Waals surface area contributed by atoms with Gasteiger partial charge in [0.1, 0.15) is 11.5 Å². The van der Waals surface area contributed by atoms with Gasteiger partial charge >= 0.3 is 0 Å². The minimum absolute atomic E-state index is 0.0710. The fourth-order valence-electron chi connectivity index (χ4n) is 2.74. The van der Waals surface area contributed by atoms with Gasteiger partial charge in [0.2, 0.25) is 5.91 Å². The number of benzene rings is 2. The van der Waals surface area contributed by atoms with E-state index in [-0.39, 0.29) is 11.2 Å². The molecule has 28 heavy (non-hydrogen) atoms. The third-order valence-corrected chi connectivity index (χ3v) is 5.69. The average Bonchev–Trinajstić information content (AvgIpc) is 3.04. The summed E-state index contributed by atoms with van der Waals surface area (Å²) in [5.74, 6) is 1.65. The summed E-state index contributed by atoms with van der Waals surface area (Å²) in [7, 11) is 3.26. The number of amidine groups is 1. The second-order valence-corrected chi connectivity index (χ2v) is 7.36. The van der Waals surface area contributed by atoms with Crippen LogP contribution in [0.15, 0.2) is 58.7 Å². The van der Waals surface area contributed by atoms with Crippen LogP contribution < -0.4 is 9.47 Å². The predicted octanol–water partition coefficient (Wildman–Crippen LogP) is 3.95. The Bertz CT molecular complexity index is 863. The quantitative estimate of drug-likeness (QED) is 0.524. The Morgan fingerprint density at radius 1 is 1.04 bits per heavy atom. The lowest BCUT2D eigenvalue weighted by Gasteiger charge is -2.16. The van der Waals surface area contributed by atoms with Crippen LogP contribution in [0.5, 0.6) is 11.5 Å². The van der Waals surface area contributed by atoms with Crippen molar-refractivity contribution in [1.82, 2.24) is 4.90 Å². The molecule has 0 radical (unpaired) electrons. The van der Waals surface area contributed by atoms with Crippen LogP contribution in [0.25, 0.3) is 0 Å². The fraction of sp³-hybridized carbons (Fsp3) is 0.286. The second-order valence-electron chi connectivity index (χ2n) is 6.19. The van der Waals surface area contributed by atoms with Gasteiger partial charge in [-0.25, -0.2) is 0 Å². The lowest BCUT2D eigenvalue weighted by Crippen LogP contribution is -2.31. The molecule has 1 fully saturated rings. The first kappa shape index (κ1) is 19.9. The van der Waals surface area contributed by atoms with Gasteiger partial charge in [0.25, 0.3) is 0 Å². The van der Waals surface area contributed by atoms with Crippen LogP contribution in [0.1, 0.15) is 24.5 Å². The van der Waals surface area contributed by atoms with Crippen LogP contribution in [0.2, 0.25) is 0 Å². The molecule has 0 aliphatic carbocycles. The molecule has 2 aromatic rings. The van der Waals surface area contributed by atoms with Gasteiger partial charge in [-0.1, -0.05) is 30.8 Å². The first-order valence-electron chi connectivity index (χ1n) is 9.00. The number of carbonyl (C=O) groups is 1. The van der Waals surface area contributed by atoms with E-state index < -0.39 is 0 Å². The van der Waals surface area contributed by atoms with Crippen LogP contribution in [0, 0.1) is 0 Å². The Labute approximate surface area is 169 Å². The van der Waals surface area contributed by atoms with E-state index in [4.69, 9.17) is 9.47 Å². The van der Waals surface area contributed by atoms with Crippen molar-refractivity contribution in [3.8, 4) is 11.5 Å². The van der Waals surface area contributed by atoms with Crippen LogP contribution in [0.3, 0.4) is 0 Å². The highest BCUT2D eigenvalue weighted by atomic mass is 32.2. The van der Waals surface area contributed by atoms with E-state index >= 15 is 0 Å². The number of carbonyl (C=O) groups excluding carboxylic acids is 1. The van der Waals surface area contributed by atoms with Gasteiger partial charge in [-0.15, -0.1) is 5.10 Å². The van der Waals surface area contributed by atoms with Gasteiger partial charge in [0, 0.05) is 0 Å². The summed E-state index contributed by atoms with van der Waals surface area (Å²) in [6.45, 7) is 2.47. The molecule has 7 heteroatoms. The molecule has 1 aliphatic heterocycles. The van der Waals surface area contributed by atoms with Gasteiger partial charge in [-0.05, 0) is 53.9 Å². The molecule has 0 aromatic heterocycles. The number of thioether (sulfide) groups is 1. The SMILES string of the molecule is CCC1SC(=NN=Cc2ccc(OC)cc2)N(Cc2ccc(OC)cc2)C1=O. The molecular formula is C21H23N3O3S. The van der Waals surface area contributed by atoms with Crippen LogP contribution in [-0.4, -0.2) is 41.7 Å². The van der Waals surface area contributed by atoms with E-state index in [1.807, 2.05) is 55.5 Å². The summed E-state index contributed by atoms with van der Waals surface area (Å²) >= 11 is 1.46. The molecule has 1 heterocycles. The third-order valence-electron chi connectivity index (χ3n) is 4.36. The van der Waals surface area contributed by atoms with Crippen molar-refractivity contribution in [2.24, 2.45) is 10.2 Å². The summed E-state index contributed by atoms with van der Waals surface area (Å²) in [6.07, 6.45) is 2.42. The molecule has 2 aromatic carbocycles.